The summed E-state index contributed by atoms with van der Waals surface area (Å²) < 4.78 is 0. The van der Waals surface area contributed by atoms with Crippen molar-refractivity contribution in [2.75, 3.05) is 5.75 Å². The molecule has 0 aliphatic rings. The standard InChI is InChI=1S/C8H13NOS/c1-7(6-11)8(10)4-2-3-5-9/h7,11H,2-4,6H2,1H3. The van der Waals surface area contributed by atoms with Crippen molar-refractivity contribution in [3.8, 4) is 6.07 Å². The Morgan fingerprint density at radius 2 is 2.36 bits per heavy atom. The Hall–Kier alpha value is -0.490. The van der Waals surface area contributed by atoms with Crippen LogP contribution in [0.3, 0.4) is 0 Å². The molecular weight excluding hydrogens is 158 g/mol. The van der Waals surface area contributed by atoms with Crippen LogP contribution in [0.1, 0.15) is 26.2 Å². The van der Waals surface area contributed by atoms with Crippen molar-refractivity contribution < 1.29 is 4.79 Å². The Labute approximate surface area is 73.0 Å². The van der Waals surface area contributed by atoms with Crippen molar-refractivity contribution in [3.63, 3.8) is 0 Å². The number of nitriles is 1. The number of thiol groups is 1. The Bertz CT molecular complexity index is 162. The molecule has 3 heteroatoms. The second-order valence-corrected chi connectivity index (χ2v) is 2.93. The summed E-state index contributed by atoms with van der Waals surface area (Å²) in [7, 11) is 0. The number of ketones is 1. The predicted octanol–water partition coefficient (Wildman–Crippen LogP) is 1.82. The lowest BCUT2D eigenvalue weighted by atomic mass is 10.0. The fraction of sp³-hybridized carbons (Fsp3) is 0.750. The molecular formula is C8H13NOS. The maximum absolute atomic E-state index is 11.1. The van der Waals surface area contributed by atoms with Crippen LogP contribution >= 0.6 is 12.6 Å². The monoisotopic (exact) mass is 171 g/mol. The molecule has 11 heavy (non-hydrogen) atoms. The second kappa shape index (κ2) is 6.23. The minimum Gasteiger partial charge on any atom is -0.299 e. The topological polar surface area (TPSA) is 40.9 Å². The van der Waals surface area contributed by atoms with Gasteiger partial charge >= 0.3 is 0 Å². The first-order valence-corrected chi connectivity index (χ1v) is 4.36. The van der Waals surface area contributed by atoms with E-state index in [0.717, 1.165) is 0 Å². The number of carbonyl (C=O) groups is 1. The molecule has 0 N–H and O–H groups in total. The molecule has 0 aromatic carbocycles. The molecule has 0 spiro atoms. The summed E-state index contributed by atoms with van der Waals surface area (Å²) in [6, 6.07) is 2.01. The zero-order valence-corrected chi connectivity index (χ0v) is 7.60. The van der Waals surface area contributed by atoms with Gasteiger partial charge in [0, 0.05) is 18.8 Å². The zero-order chi connectivity index (χ0) is 8.69. The van der Waals surface area contributed by atoms with Crippen molar-refractivity contribution in [1.29, 1.82) is 5.26 Å². The molecule has 0 bridgehead atoms. The summed E-state index contributed by atoms with van der Waals surface area (Å²) in [6.07, 6.45) is 1.69. The van der Waals surface area contributed by atoms with Crippen LogP contribution in [0.15, 0.2) is 0 Å². The molecule has 62 valence electrons. The maximum atomic E-state index is 11.1. The average molecular weight is 171 g/mol. The third-order valence-corrected chi connectivity index (χ3v) is 2.08. The van der Waals surface area contributed by atoms with Crippen LogP contribution in [0.4, 0.5) is 0 Å². The highest BCUT2D eigenvalue weighted by molar-refractivity contribution is 7.80. The van der Waals surface area contributed by atoms with Crippen LogP contribution in [-0.2, 0) is 4.79 Å². The smallest absolute Gasteiger partial charge is 0.136 e. The van der Waals surface area contributed by atoms with E-state index in [1.807, 2.05) is 13.0 Å². The molecule has 0 aliphatic heterocycles. The summed E-state index contributed by atoms with van der Waals surface area (Å²) in [5, 5.41) is 8.20. The van der Waals surface area contributed by atoms with Gasteiger partial charge in [-0.3, -0.25) is 4.79 Å². The van der Waals surface area contributed by atoms with Gasteiger partial charge in [0.25, 0.3) is 0 Å². The molecule has 0 rings (SSSR count). The first kappa shape index (κ1) is 10.5. The molecule has 2 nitrogen and oxygen atoms in total. The minimum absolute atomic E-state index is 0.0389. The lowest BCUT2D eigenvalue weighted by Crippen LogP contribution is -2.11. The van der Waals surface area contributed by atoms with Crippen molar-refractivity contribution in [1.82, 2.24) is 0 Å². The number of unbranched alkanes of at least 4 members (excludes halogenated alkanes) is 1. The molecule has 0 radical (unpaired) electrons. The highest BCUT2D eigenvalue weighted by Crippen LogP contribution is 2.05. The molecule has 0 amide bonds. The van der Waals surface area contributed by atoms with Gasteiger partial charge in [-0.25, -0.2) is 0 Å². The van der Waals surface area contributed by atoms with Crippen molar-refractivity contribution >= 4 is 18.4 Å². The third-order valence-electron chi connectivity index (χ3n) is 1.54. The van der Waals surface area contributed by atoms with E-state index >= 15 is 0 Å². The van der Waals surface area contributed by atoms with Gasteiger partial charge in [-0.05, 0) is 12.2 Å². The molecule has 1 atom stereocenters. The van der Waals surface area contributed by atoms with E-state index in [9.17, 15) is 4.79 Å². The second-order valence-electron chi connectivity index (χ2n) is 2.56. The van der Waals surface area contributed by atoms with E-state index in [1.54, 1.807) is 0 Å². The summed E-state index contributed by atoms with van der Waals surface area (Å²) in [4.78, 5) is 11.1. The van der Waals surface area contributed by atoms with Gasteiger partial charge < -0.3 is 0 Å². The SMILES string of the molecule is CC(CS)C(=O)CCCC#N. The van der Waals surface area contributed by atoms with Crippen LogP contribution < -0.4 is 0 Å². The molecule has 0 heterocycles. The van der Waals surface area contributed by atoms with Crippen LogP contribution in [-0.4, -0.2) is 11.5 Å². The normalized spacial score (nSPS) is 12.1. The molecule has 0 saturated carbocycles. The Balaban J connectivity index is 3.46. The average Bonchev–Trinajstić information content (AvgIpc) is 2.03. The first-order valence-electron chi connectivity index (χ1n) is 3.73. The minimum atomic E-state index is 0.0389. The van der Waals surface area contributed by atoms with E-state index in [4.69, 9.17) is 5.26 Å². The summed E-state index contributed by atoms with van der Waals surface area (Å²) in [5.41, 5.74) is 0. The molecule has 0 saturated heterocycles. The Morgan fingerprint density at radius 1 is 1.73 bits per heavy atom. The Kier molecular flexibility index (Phi) is 5.96. The predicted molar refractivity (Wildman–Crippen MR) is 47.5 cm³/mol. The summed E-state index contributed by atoms with van der Waals surface area (Å²) >= 11 is 4.01. The van der Waals surface area contributed by atoms with Crippen LogP contribution in [0.5, 0.6) is 0 Å². The first-order chi connectivity index (χ1) is 5.22. The number of Topliss-reactive ketones (excluding diaryl/α,β-unsaturated/α-hetero) is 1. The van der Waals surface area contributed by atoms with Crippen LogP contribution in [0, 0.1) is 17.2 Å². The van der Waals surface area contributed by atoms with E-state index in [2.05, 4.69) is 12.6 Å². The number of rotatable bonds is 5. The van der Waals surface area contributed by atoms with Gasteiger partial charge in [0.15, 0.2) is 0 Å². The highest BCUT2D eigenvalue weighted by atomic mass is 32.1. The van der Waals surface area contributed by atoms with Gasteiger partial charge in [-0.1, -0.05) is 6.92 Å². The number of nitrogens with zero attached hydrogens (tertiary/aromatic N) is 1. The lowest BCUT2D eigenvalue weighted by molar-refractivity contribution is -0.121. The summed E-state index contributed by atoms with van der Waals surface area (Å²) in [6.45, 7) is 1.86. The Morgan fingerprint density at radius 3 is 2.82 bits per heavy atom. The van der Waals surface area contributed by atoms with E-state index in [-0.39, 0.29) is 11.7 Å². The largest absolute Gasteiger partial charge is 0.299 e. The van der Waals surface area contributed by atoms with Crippen molar-refractivity contribution in [2.45, 2.75) is 26.2 Å². The van der Waals surface area contributed by atoms with Gasteiger partial charge in [-0.15, -0.1) is 0 Å². The number of hydrogen-bond acceptors (Lipinski definition) is 3. The van der Waals surface area contributed by atoms with Gasteiger partial charge in [0.05, 0.1) is 6.07 Å². The molecule has 0 aliphatic carbocycles. The number of carbonyl (C=O) groups excluding carboxylic acids is 1. The fourth-order valence-corrected chi connectivity index (χ4v) is 0.894. The van der Waals surface area contributed by atoms with E-state index in [1.165, 1.54) is 0 Å². The molecule has 0 fully saturated rings. The van der Waals surface area contributed by atoms with Gasteiger partial charge in [0.2, 0.25) is 0 Å². The maximum Gasteiger partial charge on any atom is 0.136 e. The van der Waals surface area contributed by atoms with E-state index < -0.39 is 0 Å². The van der Waals surface area contributed by atoms with Gasteiger partial charge in [0.1, 0.15) is 5.78 Å². The molecule has 1 unspecified atom stereocenters. The lowest BCUT2D eigenvalue weighted by Gasteiger charge is -2.04. The van der Waals surface area contributed by atoms with Crippen molar-refractivity contribution in [2.24, 2.45) is 5.92 Å². The van der Waals surface area contributed by atoms with E-state index in [0.29, 0.717) is 25.0 Å². The fourth-order valence-electron chi connectivity index (χ4n) is 0.690. The van der Waals surface area contributed by atoms with Crippen LogP contribution in [0.25, 0.3) is 0 Å². The zero-order valence-electron chi connectivity index (χ0n) is 6.71. The molecule has 0 aromatic rings. The summed E-state index contributed by atoms with van der Waals surface area (Å²) in [5.74, 6) is 0.859. The quantitative estimate of drug-likeness (QED) is 0.506. The van der Waals surface area contributed by atoms with Gasteiger partial charge in [-0.2, -0.15) is 17.9 Å². The number of hydrogen-bond donors (Lipinski definition) is 1. The third kappa shape index (κ3) is 4.86. The van der Waals surface area contributed by atoms with Crippen molar-refractivity contribution in [3.05, 3.63) is 0 Å². The molecule has 0 aromatic heterocycles. The van der Waals surface area contributed by atoms with Crippen LogP contribution in [0.2, 0.25) is 0 Å². The highest BCUT2D eigenvalue weighted by Gasteiger charge is 2.09.